The molecule has 0 atom stereocenters. The van der Waals surface area contributed by atoms with E-state index in [0.717, 1.165) is 33.3 Å². The molecule has 2 aromatic carbocycles. The zero-order valence-electron chi connectivity index (χ0n) is 19.2. The summed E-state index contributed by atoms with van der Waals surface area (Å²) in [6.07, 6.45) is 5.57. The molecule has 0 aliphatic rings. The van der Waals surface area contributed by atoms with Gasteiger partial charge < -0.3 is 15.6 Å². The minimum absolute atomic E-state index is 0.0772. The van der Waals surface area contributed by atoms with Gasteiger partial charge in [-0.05, 0) is 59.5 Å². The lowest BCUT2D eigenvalue weighted by Gasteiger charge is -2.11. The smallest absolute Gasteiger partial charge is 0.253 e. The highest BCUT2D eigenvalue weighted by molar-refractivity contribution is 6.31. The number of nitrogen functional groups attached to an aromatic ring is 1. The summed E-state index contributed by atoms with van der Waals surface area (Å²) in [5, 5.41) is 11.6. The van der Waals surface area contributed by atoms with Gasteiger partial charge in [-0.2, -0.15) is 5.10 Å². The molecule has 0 radical (unpaired) electrons. The summed E-state index contributed by atoms with van der Waals surface area (Å²) in [6.45, 7) is 0.684. The van der Waals surface area contributed by atoms with E-state index in [0.29, 0.717) is 29.2 Å². The van der Waals surface area contributed by atoms with Crippen molar-refractivity contribution in [3.05, 3.63) is 123 Å². The summed E-state index contributed by atoms with van der Waals surface area (Å²) in [4.78, 5) is 29.0. The number of fused-ring (bicyclic) bond motifs is 1. The van der Waals surface area contributed by atoms with E-state index in [1.807, 2.05) is 42.5 Å². The first kappa shape index (κ1) is 23.3. The monoisotopic (exact) mass is 498 g/mol. The number of hydrogen-bond acceptors (Lipinski definition) is 5. The Hall–Kier alpha value is -4.43. The van der Waals surface area contributed by atoms with Crippen LogP contribution in [0.15, 0.2) is 84.0 Å². The van der Waals surface area contributed by atoms with Gasteiger partial charge in [0.1, 0.15) is 0 Å². The molecular formula is C27H23ClN6O2. The third-order valence-corrected chi connectivity index (χ3v) is 6.17. The van der Waals surface area contributed by atoms with E-state index in [-0.39, 0.29) is 18.0 Å². The Morgan fingerprint density at radius 1 is 1.06 bits per heavy atom. The highest BCUT2D eigenvalue weighted by Gasteiger charge is 2.11. The molecule has 0 unspecified atom stereocenters. The Labute approximate surface area is 211 Å². The van der Waals surface area contributed by atoms with Crippen LogP contribution < -0.4 is 16.6 Å². The van der Waals surface area contributed by atoms with Gasteiger partial charge in [-0.25, -0.2) is 0 Å². The van der Waals surface area contributed by atoms with Crippen LogP contribution in [0, 0.1) is 0 Å². The van der Waals surface area contributed by atoms with Crippen LogP contribution in [0.4, 0.5) is 5.69 Å². The van der Waals surface area contributed by atoms with Crippen LogP contribution in [0.25, 0.3) is 10.9 Å². The van der Waals surface area contributed by atoms with Crippen LogP contribution >= 0.6 is 11.6 Å². The number of rotatable bonds is 7. The van der Waals surface area contributed by atoms with Crippen LogP contribution in [0.5, 0.6) is 0 Å². The molecule has 5 aromatic rings. The predicted molar refractivity (Wildman–Crippen MR) is 140 cm³/mol. The van der Waals surface area contributed by atoms with Crippen LogP contribution in [0.1, 0.15) is 32.7 Å². The lowest BCUT2D eigenvalue weighted by Crippen LogP contribution is -2.23. The second kappa shape index (κ2) is 10.1. The number of hydrogen-bond donors (Lipinski definition) is 3. The molecule has 0 spiro atoms. The highest BCUT2D eigenvalue weighted by atomic mass is 35.5. The second-order valence-electron chi connectivity index (χ2n) is 8.50. The third-order valence-electron chi connectivity index (χ3n) is 5.94. The number of benzene rings is 2. The fraction of sp³-hybridized carbons (Fsp3) is 0.111. The SMILES string of the molecule is Nc1cc(Cc2cncc(C(=O)NCc3[nH]nc4ccc(Cl)cc34)c2)ccc1Cn1ccccc1=O. The molecule has 0 fully saturated rings. The Morgan fingerprint density at radius 3 is 2.78 bits per heavy atom. The number of pyridine rings is 2. The number of halogens is 1. The van der Waals surface area contributed by atoms with E-state index in [4.69, 9.17) is 17.3 Å². The fourth-order valence-corrected chi connectivity index (χ4v) is 4.23. The van der Waals surface area contributed by atoms with E-state index >= 15 is 0 Å². The minimum Gasteiger partial charge on any atom is -0.398 e. The van der Waals surface area contributed by atoms with Gasteiger partial charge in [-0.1, -0.05) is 29.8 Å². The van der Waals surface area contributed by atoms with Crippen LogP contribution in [0.3, 0.4) is 0 Å². The second-order valence-corrected chi connectivity index (χ2v) is 8.94. The zero-order valence-corrected chi connectivity index (χ0v) is 20.0. The van der Waals surface area contributed by atoms with Crippen molar-refractivity contribution >= 4 is 34.1 Å². The Balaban J connectivity index is 1.26. The summed E-state index contributed by atoms with van der Waals surface area (Å²) in [7, 11) is 0. The predicted octanol–water partition coefficient (Wildman–Crippen LogP) is 3.92. The number of aromatic amines is 1. The molecule has 8 nitrogen and oxygen atoms in total. The maximum atomic E-state index is 12.8. The Kier molecular flexibility index (Phi) is 6.51. The van der Waals surface area contributed by atoms with Gasteiger partial charge in [0.05, 0.1) is 29.9 Å². The van der Waals surface area contributed by atoms with E-state index < -0.39 is 0 Å². The molecule has 5 rings (SSSR count). The summed E-state index contributed by atoms with van der Waals surface area (Å²) < 4.78 is 1.61. The van der Waals surface area contributed by atoms with Gasteiger partial charge in [0, 0.05) is 40.8 Å². The van der Waals surface area contributed by atoms with Crippen molar-refractivity contribution in [2.24, 2.45) is 0 Å². The van der Waals surface area contributed by atoms with Gasteiger partial charge in [-0.3, -0.25) is 19.7 Å². The lowest BCUT2D eigenvalue weighted by atomic mass is 10.0. The normalized spacial score (nSPS) is 11.0. The average molecular weight is 499 g/mol. The summed E-state index contributed by atoms with van der Waals surface area (Å²) in [6, 6.07) is 18.1. The summed E-state index contributed by atoms with van der Waals surface area (Å²) >= 11 is 6.09. The quantitative estimate of drug-likeness (QED) is 0.294. The average Bonchev–Trinajstić information content (AvgIpc) is 3.27. The molecule has 0 bridgehead atoms. The summed E-state index contributed by atoms with van der Waals surface area (Å²) in [5.41, 5.74) is 11.6. The van der Waals surface area contributed by atoms with Gasteiger partial charge >= 0.3 is 0 Å². The number of amides is 1. The number of anilines is 1. The molecule has 0 saturated heterocycles. The number of aromatic nitrogens is 4. The largest absolute Gasteiger partial charge is 0.398 e. The maximum Gasteiger partial charge on any atom is 0.253 e. The molecule has 36 heavy (non-hydrogen) atoms. The molecular weight excluding hydrogens is 476 g/mol. The lowest BCUT2D eigenvalue weighted by molar-refractivity contribution is 0.0950. The van der Waals surface area contributed by atoms with E-state index in [2.05, 4.69) is 20.5 Å². The first-order valence-corrected chi connectivity index (χ1v) is 11.7. The summed E-state index contributed by atoms with van der Waals surface area (Å²) in [5.74, 6) is -0.239. The number of carbonyl (C=O) groups is 1. The fourth-order valence-electron chi connectivity index (χ4n) is 4.06. The first-order valence-electron chi connectivity index (χ1n) is 11.3. The Morgan fingerprint density at radius 2 is 1.94 bits per heavy atom. The number of H-pyrrole nitrogens is 1. The number of nitrogens with one attached hydrogen (secondary N) is 2. The van der Waals surface area contributed by atoms with Gasteiger partial charge in [0.15, 0.2) is 0 Å². The Bertz CT molecular complexity index is 1620. The van der Waals surface area contributed by atoms with E-state index in [1.165, 1.54) is 12.3 Å². The first-order chi connectivity index (χ1) is 17.5. The topological polar surface area (TPSA) is 119 Å². The zero-order chi connectivity index (χ0) is 25.1. The van der Waals surface area contributed by atoms with Crippen molar-refractivity contribution in [2.45, 2.75) is 19.5 Å². The van der Waals surface area contributed by atoms with Gasteiger partial charge in [0.25, 0.3) is 11.5 Å². The molecule has 1 amide bonds. The van der Waals surface area contributed by atoms with Crippen molar-refractivity contribution in [2.75, 3.05) is 5.73 Å². The van der Waals surface area contributed by atoms with Gasteiger partial charge in [-0.15, -0.1) is 0 Å². The third kappa shape index (κ3) is 5.13. The molecule has 3 aromatic heterocycles. The molecule has 4 N–H and O–H groups in total. The molecule has 3 heterocycles. The van der Waals surface area contributed by atoms with Crippen LogP contribution in [0.2, 0.25) is 5.02 Å². The van der Waals surface area contributed by atoms with Crippen LogP contribution in [-0.2, 0) is 19.5 Å². The van der Waals surface area contributed by atoms with Crippen molar-refractivity contribution < 1.29 is 4.79 Å². The molecule has 9 heteroatoms. The maximum absolute atomic E-state index is 12.8. The molecule has 180 valence electrons. The highest BCUT2D eigenvalue weighted by Crippen LogP contribution is 2.21. The van der Waals surface area contributed by atoms with E-state index in [1.54, 1.807) is 29.1 Å². The number of nitrogens with two attached hydrogens (primary N) is 1. The van der Waals surface area contributed by atoms with Crippen molar-refractivity contribution in [1.29, 1.82) is 0 Å². The molecule has 0 aliphatic heterocycles. The minimum atomic E-state index is -0.239. The van der Waals surface area contributed by atoms with E-state index in [9.17, 15) is 9.59 Å². The van der Waals surface area contributed by atoms with Crippen molar-refractivity contribution in [3.8, 4) is 0 Å². The van der Waals surface area contributed by atoms with Crippen molar-refractivity contribution in [3.63, 3.8) is 0 Å². The number of nitrogens with zero attached hydrogens (tertiary/aromatic N) is 3. The molecule has 0 aliphatic carbocycles. The van der Waals surface area contributed by atoms with Gasteiger partial charge in [0.2, 0.25) is 0 Å². The molecule has 0 saturated carbocycles. The van der Waals surface area contributed by atoms with Crippen molar-refractivity contribution in [1.82, 2.24) is 25.1 Å². The standard InChI is InChI=1S/C27H23ClN6O2/c28-21-6-7-24-22(12-21)25(33-32-24)15-31-27(36)20-10-18(13-30-14-20)9-17-4-5-19(23(29)11-17)16-34-8-2-1-3-26(34)35/h1-8,10-14H,9,15-16,29H2,(H,31,36)(H,32,33). The number of carbonyl (C=O) groups excluding carboxylic acids is 1. The van der Waals surface area contributed by atoms with Crippen LogP contribution in [-0.4, -0.2) is 25.7 Å².